The zero-order valence-corrected chi connectivity index (χ0v) is 10.8. The lowest BCUT2D eigenvalue weighted by Gasteiger charge is -2.26. The van der Waals surface area contributed by atoms with Gasteiger partial charge in [0.05, 0.1) is 11.6 Å². The quantitative estimate of drug-likeness (QED) is 0.781. The molecule has 8 heteroatoms. The van der Waals surface area contributed by atoms with E-state index in [0.29, 0.717) is 0 Å². The Balaban J connectivity index is 2.32. The number of nitrogens with zero attached hydrogens (tertiary/aromatic N) is 1. The maximum Gasteiger partial charge on any atom is 0.238 e. The van der Waals surface area contributed by atoms with Crippen LogP contribution >= 0.6 is 11.6 Å². The topological polar surface area (TPSA) is 46.6 Å². The Morgan fingerprint density at radius 3 is 2.78 bits per heavy atom. The van der Waals surface area contributed by atoms with Crippen LogP contribution in [0.3, 0.4) is 0 Å². The minimum absolute atomic E-state index is 0.0632. The summed E-state index contributed by atoms with van der Waals surface area (Å²) in [7, 11) is -3.63. The van der Waals surface area contributed by atoms with Gasteiger partial charge in [-0.05, 0) is 12.1 Å². The molecule has 0 aromatic heterocycles. The first-order valence-corrected chi connectivity index (χ1v) is 7.08. The van der Waals surface area contributed by atoms with E-state index in [1.165, 1.54) is 0 Å². The lowest BCUT2D eigenvalue weighted by atomic mass is 10.2. The fourth-order valence-electron chi connectivity index (χ4n) is 1.61. The van der Waals surface area contributed by atoms with Crippen LogP contribution in [0.4, 0.5) is 8.78 Å². The number of sulfonamides is 1. The second-order valence-corrected chi connectivity index (χ2v) is 6.12. The Labute approximate surface area is 108 Å². The number of ether oxygens (including phenoxy) is 1. The van der Waals surface area contributed by atoms with Crippen LogP contribution in [0, 0.1) is 11.6 Å². The van der Waals surface area contributed by atoms with Gasteiger partial charge in [-0.25, -0.2) is 17.2 Å². The molecule has 0 spiro atoms. The van der Waals surface area contributed by atoms with Crippen LogP contribution in [0.5, 0.6) is 0 Å². The van der Waals surface area contributed by atoms with Gasteiger partial charge in [-0.3, -0.25) is 0 Å². The van der Waals surface area contributed by atoms with Gasteiger partial charge in [0.2, 0.25) is 10.0 Å². The van der Waals surface area contributed by atoms with E-state index in [0.717, 1.165) is 16.4 Å². The molecule has 2 rings (SSSR count). The van der Waals surface area contributed by atoms with E-state index in [1.807, 2.05) is 0 Å². The third kappa shape index (κ3) is 2.64. The summed E-state index contributed by atoms with van der Waals surface area (Å²) >= 11 is 5.54. The highest BCUT2D eigenvalue weighted by atomic mass is 35.5. The zero-order chi connectivity index (χ0) is 13.3. The zero-order valence-electron chi connectivity index (χ0n) is 9.20. The molecule has 0 amide bonds. The molecular weight excluding hydrogens is 288 g/mol. The van der Waals surface area contributed by atoms with Crippen molar-refractivity contribution < 1.29 is 21.9 Å². The number of rotatable bonds is 2. The molecule has 1 aliphatic rings. The van der Waals surface area contributed by atoms with Crippen molar-refractivity contribution >= 4 is 21.6 Å². The second-order valence-electron chi connectivity index (χ2n) is 3.79. The molecule has 1 heterocycles. The number of benzene rings is 1. The van der Waals surface area contributed by atoms with E-state index >= 15 is 0 Å². The molecule has 1 aromatic rings. The van der Waals surface area contributed by atoms with Crippen LogP contribution in [0.1, 0.15) is 5.56 Å². The molecule has 0 unspecified atom stereocenters. The summed E-state index contributed by atoms with van der Waals surface area (Å²) in [5, 5.41) is -0.239. The van der Waals surface area contributed by atoms with Crippen LogP contribution in [0.2, 0.25) is 5.02 Å². The molecule has 100 valence electrons. The summed E-state index contributed by atoms with van der Waals surface area (Å²) in [6.45, 7) is -0.124. The van der Waals surface area contributed by atoms with Crippen molar-refractivity contribution in [3.8, 4) is 0 Å². The minimum atomic E-state index is -3.63. The highest BCUT2D eigenvalue weighted by Crippen LogP contribution is 2.24. The van der Waals surface area contributed by atoms with Crippen LogP contribution in [-0.4, -0.2) is 31.8 Å². The Hall–Kier alpha value is -0.760. The van der Waals surface area contributed by atoms with E-state index in [-0.39, 0.29) is 30.3 Å². The molecule has 1 fully saturated rings. The first-order chi connectivity index (χ1) is 8.42. The van der Waals surface area contributed by atoms with Gasteiger partial charge in [-0.1, -0.05) is 11.6 Å². The first kappa shape index (κ1) is 13.7. The summed E-state index contributed by atoms with van der Waals surface area (Å²) in [5.74, 6) is -2.23. The van der Waals surface area contributed by atoms with Crippen molar-refractivity contribution in [3.63, 3.8) is 0 Å². The van der Waals surface area contributed by atoms with E-state index in [2.05, 4.69) is 0 Å². The lowest BCUT2D eigenvalue weighted by Crippen LogP contribution is -2.41. The predicted octanol–water partition coefficient (Wildman–Crippen LogP) is 1.74. The molecule has 0 saturated carbocycles. The average Bonchev–Trinajstić information content (AvgIpc) is 2.31. The smallest absolute Gasteiger partial charge is 0.238 e. The van der Waals surface area contributed by atoms with Gasteiger partial charge in [0.25, 0.3) is 0 Å². The predicted molar refractivity (Wildman–Crippen MR) is 61.5 cm³/mol. The fraction of sp³-hybridized carbons (Fsp3) is 0.400. The van der Waals surface area contributed by atoms with Gasteiger partial charge in [0, 0.05) is 18.7 Å². The highest BCUT2D eigenvalue weighted by Gasteiger charge is 2.28. The molecule has 0 aliphatic carbocycles. The number of hydrogen-bond donors (Lipinski definition) is 0. The number of hydrogen-bond acceptors (Lipinski definition) is 3. The molecule has 0 bridgehead atoms. The van der Waals surface area contributed by atoms with Crippen molar-refractivity contribution in [3.05, 3.63) is 34.4 Å². The molecule has 1 aliphatic heterocycles. The normalized spacial score (nSPS) is 19.9. The summed E-state index contributed by atoms with van der Waals surface area (Å²) in [6.07, 6.45) is 0. The van der Waals surface area contributed by atoms with Gasteiger partial charge in [0.1, 0.15) is 11.6 Å². The van der Waals surface area contributed by atoms with Crippen molar-refractivity contribution in [2.75, 3.05) is 19.1 Å². The fourth-order valence-corrected chi connectivity index (χ4v) is 2.95. The molecule has 0 N–H and O–H groups in total. The summed E-state index contributed by atoms with van der Waals surface area (Å²) in [6, 6.07) is 2.09. The van der Waals surface area contributed by atoms with Gasteiger partial charge in [-0.15, -0.1) is 0 Å². The molecule has 1 aromatic carbocycles. The van der Waals surface area contributed by atoms with E-state index in [9.17, 15) is 17.2 Å². The van der Waals surface area contributed by atoms with Gasteiger partial charge in [-0.2, -0.15) is 4.31 Å². The SMILES string of the molecule is O=S1(=O)COCCN1Cc1c(F)ccc(Cl)c1F. The Bertz CT molecular complexity index is 564. The van der Waals surface area contributed by atoms with Crippen LogP contribution in [0.25, 0.3) is 0 Å². The largest absolute Gasteiger partial charge is 0.363 e. The second kappa shape index (κ2) is 5.08. The maximum atomic E-state index is 13.6. The van der Waals surface area contributed by atoms with Gasteiger partial charge < -0.3 is 4.74 Å². The van der Waals surface area contributed by atoms with Crippen LogP contribution in [0.15, 0.2) is 12.1 Å². The summed E-state index contributed by atoms with van der Waals surface area (Å²) in [5.41, 5.74) is -0.354. The van der Waals surface area contributed by atoms with Crippen LogP contribution < -0.4 is 0 Å². The average molecular weight is 298 g/mol. The number of halogens is 3. The Morgan fingerprint density at radius 2 is 2.11 bits per heavy atom. The summed E-state index contributed by atoms with van der Waals surface area (Å²) < 4.78 is 56.1. The third-order valence-corrected chi connectivity index (χ3v) is 4.44. The van der Waals surface area contributed by atoms with Crippen molar-refractivity contribution in [2.45, 2.75) is 6.54 Å². The molecule has 0 atom stereocenters. The van der Waals surface area contributed by atoms with Crippen molar-refractivity contribution in [2.24, 2.45) is 0 Å². The van der Waals surface area contributed by atoms with E-state index < -0.39 is 27.6 Å². The third-order valence-electron chi connectivity index (χ3n) is 2.58. The minimum Gasteiger partial charge on any atom is -0.363 e. The maximum absolute atomic E-state index is 13.6. The van der Waals surface area contributed by atoms with E-state index in [1.54, 1.807) is 0 Å². The monoisotopic (exact) mass is 297 g/mol. The Kier molecular flexibility index (Phi) is 3.86. The summed E-state index contributed by atoms with van der Waals surface area (Å²) in [4.78, 5) is 0. The Morgan fingerprint density at radius 1 is 1.39 bits per heavy atom. The van der Waals surface area contributed by atoms with Crippen LogP contribution in [-0.2, 0) is 21.3 Å². The first-order valence-electron chi connectivity index (χ1n) is 5.10. The molecular formula is C10H10ClF2NO3S. The van der Waals surface area contributed by atoms with Gasteiger partial charge in [0.15, 0.2) is 5.94 Å². The molecule has 18 heavy (non-hydrogen) atoms. The van der Waals surface area contributed by atoms with Crippen molar-refractivity contribution in [1.29, 1.82) is 0 Å². The van der Waals surface area contributed by atoms with E-state index in [4.69, 9.17) is 16.3 Å². The molecule has 1 saturated heterocycles. The molecule has 4 nitrogen and oxygen atoms in total. The molecule has 0 radical (unpaired) electrons. The van der Waals surface area contributed by atoms with Crippen molar-refractivity contribution in [1.82, 2.24) is 4.31 Å². The highest BCUT2D eigenvalue weighted by molar-refractivity contribution is 7.88. The van der Waals surface area contributed by atoms with Gasteiger partial charge >= 0.3 is 0 Å². The lowest BCUT2D eigenvalue weighted by molar-refractivity contribution is 0.129. The standard InChI is InChI=1S/C10H10ClF2NO3S/c11-8-1-2-9(12)7(10(8)13)5-14-3-4-17-6-18(14,15)16/h1-2H,3-6H2.